The molecule has 0 atom stereocenters. The molecule has 3 rings (SSSR count). The third kappa shape index (κ3) is 2.27. The fraction of sp³-hybridized carbons (Fsp3) is 0.0769. The Bertz CT molecular complexity index is 846. The van der Waals surface area contributed by atoms with E-state index in [-0.39, 0.29) is 23.5 Å². The number of carbonyl (C=O) groups is 1. The molecule has 7 nitrogen and oxygen atoms in total. The van der Waals surface area contributed by atoms with Crippen LogP contribution in [0.4, 0.5) is 10.2 Å². The van der Waals surface area contributed by atoms with Crippen molar-refractivity contribution < 1.29 is 14.3 Å². The normalized spacial score (nSPS) is 10.9. The lowest BCUT2D eigenvalue weighted by Crippen LogP contribution is -2.05. The molecule has 0 amide bonds. The van der Waals surface area contributed by atoms with Crippen LogP contribution in [0, 0.1) is 5.82 Å². The van der Waals surface area contributed by atoms with Gasteiger partial charge in [0.25, 0.3) is 0 Å². The minimum absolute atomic E-state index is 0.0185. The summed E-state index contributed by atoms with van der Waals surface area (Å²) in [7, 11) is 0. The molecule has 0 bridgehead atoms. The summed E-state index contributed by atoms with van der Waals surface area (Å²) in [4.78, 5) is 22.9. The second kappa shape index (κ2) is 4.82. The molecule has 1 aromatic carbocycles. The van der Waals surface area contributed by atoms with E-state index in [9.17, 15) is 9.18 Å². The van der Waals surface area contributed by atoms with Crippen LogP contribution in [-0.2, 0) is 6.54 Å². The van der Waals surface area contributed by atoms with Crippen molar-refractivity contribution in [3.8, 4) is 0 Å². The molecule has 0 aliphatic heterocycles. The molecular weight excluding hydrogens is 277 g/mol. The van der Waals surface area contributed by atoms with Crippen LogP contribution in [0.2, 0.25) is 0 Å². The lowest BCUT2D eigenvalue weighted by atomic mass is 10.1. The fourth-order valence-corrected chi connectivity index (χ4v) is 2.03. The van der Waals surface area contributed by atoms with Crippen molar-refractivity contribution in [3.05, 3.63) is 47.8 Å². The molecule has 0 aliphatic carbocycles. The molecule has 106 valence electrons. The SMILES string of the molecule is Nc1ncnc2c1ncn2Cc1cc(C(=O)O)ccc1F. The Morgan fingerprint density at radius 3 is 2.90 bits per heavy atom. The van der Waals surface area contributed by atoms with Gasteiger partial charge in [-0.2, -0.15) is 0 Å². The Morgan fingerprint density at radius 2 is 2.14 bits per heavy atom. The van der Waals surface area contributed by atoms with Crippen molar-refractivity contribution in [2.24, 2.45) is 0 Å². The molecule has 2 aromatic heterocycles. The highest BCUT2D eigenvalue weighted by Gasteiger charge is 2.12. The molecule has 0 saturated carbocycles. The van der Waals surface area contributed by atoms with Crippen molar-refractivity contribution in [1.29, 1.82) is 0 Å². The van der Waals surface area contributed by atoms with Gasteiger partial charge in [0.15, 0.2) is 11.5 Å². The molecule has 0 saturated heterocycles. The Labute approximate surface area is 117 Å². The molecule has 0 spiro atoms. The van der Waals surface area contributed by atoms with Gasteiger partial charge in [0.05, 0.1) is 18.4 Å². The maximum Gasteiger partial charge on any atom is 0.335 e. The zero-order valence-corrected chi connectivity index (χ0v) is 10.7. The monoisotopic (exact) mass is 287 g/mol. The number of carboxylic acids is 1. The Kier molecular flexibility index (Phi) is 2.98. The molecule has 3 aromatic rings. The van der Waals surface area contributed by atoms with Crippen LogP contribution in [0.15, 0.2) is 30.9 Å². The van der Waals surface area contributed by atoms with E-state index in [1.54, 1.807) is 4.57 Å². The summed E-state index contributed by atoms with van der Waals surface area (Å²) < 4.78 is 15.4. The van der Waals surface area contributed by atoms with Gasteiger partial charge in [-0.05, 0) is 18.2 Å². The zero-order chi connectivity index (χ0) is 15.0. The molecule has 0 aliphatic rings. The first-order valence-corrected chi connectivity index (χ1v) is 5.99. The van der Waals surface area contributed by atoms with Crippen molar-refractivity contribution in [1.82, 2.24) is 19.5 Å². The number of nitrogen functional groups attached to an aromatic ring is 1. The van der Waals surface area contributed by atoms with E-state index in [1.165, 1.54) is 24.8 Å². The summed E-state index contributed by atoms with van der Waals surface area (Å²) in [6, 6.07) is 3.63. The number of fused-ring (bicyclic) bond motifs is 1. The van der Waals surface area contributed by atoms with Crippen LogP contribution in [0.3, 0.4) is 0 Å². The number of benzene rings is 1. The second-order valence-electron chi connectivity index (χ2n) is 4.41. The van der Waals surface area contributed by atoms with E-state index >= 15 is 0 Å². The van der Waals surface area contributed by atoms with E-state index in [1.807, 2.05) is 0 Å². The van der Waals surface area contributed by atoms with Gasteiger partial charge < -0.3 is 15.4 Å². The predicted molar refractivity (Wildman–Crippen MR) is 72.2 cm³/mol. The Morgan fingerprint density at radius 1 is 1.33 bits per heavy atom. The minimum Gasteiger partial charge on any atom is -0.478 e. The maximum atomic E-state index is 13.8. The van der Waals surface area contributed by atoms with Crippen molar-refractivity contribution in [2.45, 2.75) is 6.54 Å². The van der Waals surface area contributed by atoms with Gasteiger partial charge in [-0.3, -0.25) is 0 Å². The Balaban J connectivity index is 2.04. The first kappa shape index (κ1) is 13.0. The number of rotatable bonds is 3. The third-order valence-electron chi connectivity index (χ3n) is 3.06. The standard InChI is InChI=1S/C13H10FN5O2/c14-9-2-1-7(13(20)21)3-8(9)4-19-6-18-10-11(15)16-5-17-12(10)19/h1-3,5-6H,4H2,(H,20,21)(H2,15,16,17). The zero-order valence-electron chi connectivity index (χ0n) is 10.7. The third-order valence-corrected chi connectivity index (χ3v) is 3.06. The average molecular weight is 287 g/mol. The molecular formula is C13H10FN5O2. The number of hydrogen-bond acceptors (Lipinski definition) is 5. The first-order chi connectivity index (χ1) is 10.1. The van der Waals surface area contributed by atoms with Crippen LogP contribution in [0.5, 0.6) is 0 Å². The van der Waals surface area contributed by atoms with E-state index in [4.69, 9.17) is 10.8 Å². The highest BCUT2D eigenvalue weighted by atomic mass is 19.1. The van der Waals surface area contributed by atoms with E-state index < -0.39 is 11.8 Å². The van der Waals surface area contributed by atoms with Crippen molar-refractivity contribution in [3.63, 3.8) is 0 Å². The highest BCUT2D eigenvalue weighted by molar-refractivity contribution is 5.87. The van der Waals surface area contributed by atoms with Gasteiger partial charge in [-0.15, -0.1) is 0 Å². The summed E-state index contributed by atoms with van der Waals surface area (Å²) in [5, 5.41) is 8.96. The fourth-order valence-electron chi connectivity index (χ4n) is 2.03. The predicted octanol–water partition coefficient (Wildman–Crippen LogP) is 1.29. The molecule has 0 radical (unpaired) electrons. The van der Waals surface area contributed by atoms with Crippen LogP contribution in [-0.4, -0.2) is 30.6 Å². The average Bonchev–Trinajstić information content (AvgIpc) is 2.86. The van der Waals surface area contributed by atoms with Gasteiger partial charge in [0.2, 0.25) is 0 Å². The lowest BCUT2D eigenvalue weighted by Gasteiger charge is -2.06. The summed E-state index contributed by atoms with van der Waals surface area (Å²) >= 11 is 0. The molecule has 3 N–H and O–H groups in total. The second-order valence-corrected chi connectivity index (χ2v) is 4.41. The number of aromatic nitrogens is 4. The number of anilines is 1. The van der Waals surface area contributed by atoms with Gasteiger partial charge in [-0.25, -0.2) is 24.1 Å². The van der Waals surface area contributed by atoms with Crippen LogP contribution < -0.4 is 5.73 Å². The van der Waals surface area contributed by atoms with Crippen LogP contribution in [0.1, 0.15) is 15.9 Å². The smallest absolute Gasteiger partial charge is 0.335 e. The summed E-state index contributed by atoms with van der Waals surface area (Å²) in [6.07, 6.45) is 2.75. The lowest BCUT2D eigenvalue weighted by molar-refractivity contribution is 0.0696. The van der Waals surface area contributed by atoms with Gasteiger partial charge >= 0.3 is 5.97 Å². The summed E-state index contributed by atoms with van der Waals surface area (Å²) in [6.45, 7) is 0.0971. The maximum absolute atomic E-state index is 13.8. The number of halogens is 1. The van der Waals surface area contributed by atoms with E-state index in [2.05, 4.69) is 15.0 Å². The van der Waals surface area contributed by atoms with Crippen molar-refractivity contribution >= 4 is 23.0 Å². The number of nitrogens with two attached hydrogens (primary N) is 1. The number of aromatic carboxylic acids is 1. The van der Waals surface area contributed by atoms with E-state index in [0.717, 1.165) is 6.07 Å². The van der Waals surface area contributed by atoms with Crippen LogP contribution >= 0.6 is 0 Å². The number of hydrogen-bond donors (Lipinski definition) is 2. The molecule has 2 heterocycles. The molecule has 8 heteroatoms. The highest BCUT2D eigenvalue weighted by Crippen LogP contribution is 2.18. The number of carboxylic acid groups (broad SMARTS) is 1. The Hall–Kier alpha value is -3.03. The summed E-state index contributed by atoms with van der Waals surface area (Å²) in [5.74, 6) is -1.37. The number of imidazole rings is 1. The topological polar surface area (TPSA) is 107 Å². The molecule has 0 unspecified atom stereocenters. The minimum atomic E-state index is -1.11. The van der Waals surface area contributed by atoms with Crippen molar-refractivity contribution in [2.75, 3.05) is 5.73 Å². The van der Waals surface area contributed by atoms with Crippen LogP contribution in [0.25, 0.3) is 11.2 Å². The largest absolute Gasteiger partial charge is 0.478 e. The van der Waals surface area contributed by atoms with E-state index in [0.29, 0.717) is 11.2 Å². The molecule has 0 fully saturated rings. The molecule has 21 heavy (non-hydrogen) atoms. The number of nitrogens with zero attached hydrogens (tertiary/aromatic N) is 4. The van der Waals surface area contributed by atoms with Gasteiger partial charge in [0, 0.05) is 5.56 Å². The quantitative estimate of drug-likeness (QED) is 0.751. The van der Waals surface area contributed by atoms with Gasteiger partial charge in [-0.1, -0.05) is 0 Å². The first-order valence-electron chi connectivity index (χ1n) is 5.99. The summed E-state index contributed by atoms with van der Waals surface area (Å²) in [5.41, 5.74) is 6.81. The van der Waals surface area contributed by atoms with Gasteiger partial charge in [0.1, 0.15) is 17.7 Å².